The van der Waals surface area contributed by atoms with Crippen LogP contribution in [-0.4, -0.2) is 22.5 Å². The number of hydrogen-bond donors (Lipinski definition) is 2. The molecule has 0 radical (unpaired) electrons. The number of thioether (sulfide) groups is 1. The van der Waals surface area contributed by atoms with Gasteiger partial charge in [-0.2, -0.15) is 0 Å². The maximum absolute atomic E-state index is 9.52. The minimum absolute atomic E-state index is 0.0425. The number of hydrogen-bond acceptors (Lipinski definition) is 4. The molecule has 16 heavy (non-hydrogen) atoms. The summed E-state index contributed by atoms with van der Waals surface area (Å²) in [6, 6.07) is 3.95. The molecular formula is C11H18ClNOS2. The van der Waals surface area contributed by atoms with Crippen LogP contribution in [0.25, 0.3) is 0 Å². The Morgan fingerprint density at radius 3 is 2.38 bits per heavy atom. The van der Waals surface area contributed by atoms with Crippen molar-refractivity contribution in [2.24, 2.45) is 5.73 Å². The first kappa shape index (κ1) is 14.3. The van der Waals surface area contributed by atoms with Crippen molar-refractivity contribution in [1.82, 2.24) is 0 Å². The fourth-order valence-corrected chi connectivity index (χ4v) is 3.90. The summed E-state index contributed by atoms with van der Waals surface area (Å²) in [5, 5.41) is 9.88. The van der Waals surface area contributed by atoms with Gasteiger partial charge in [0.2, 0.25) is 0 Å². The molecule has 0 aliphatic rings. The highest BCUT2D eigenvalue weighted by atomic mass is 35.5. The smallest absolute Gasteiger partial charge is 0.0931 e. The number of nitrogens with two attached hydrogens (primary N) is 1. The van der Waals surface area contributed by atoms with Crippen LogP contribution in [0.3, 0.4) is 0 Å². The van der Waals surface area contributed by atoms with Crippen molar-refractivity contribution in [2.75, 3.05) is 0 Å². The predicted molar refractivity (Wildman–Crippen MR) is 74.5 cm³/mol. The summed E-state index contributed by atoms with van der Waals surface area (Å²) in [7, 11) is 0. The first-order chi connectivity index (χ1) is 7.41. The quantitative estimate of drug-likeness (QED) is 0.869. The molecule has 4 unspecified atom stereocenters. The normalized spacial score (nSPS) is 19.1. The minimum Gasteiger partial charge on any atom is -0.392 e. The molecule has 0 fully saturated rings. The third-order valence-electron chi connectivity index (χ3n) is 2.39. The maximum atomic E-state index is 9.52. The fourth-order valence-electron chi connectivity index (χ4n) is 1.28. The van der Waals surface area contributed by atoms with E-state index in [2.05, 4.69) is 0 Å². The van der Waals surface area contributed by atoms with Crippen molar-refractivity contribution in [2.45, 2.75) is 43.4 Å². The summed E-state index contributed by atoms with van der Waals surface area (Å²) < 4.78 is 0.783. The topological polar surface area (TPSA) is 46.2 Å². The average Bonchev–Trinajstić information content (AvgIpc) is 2.59. The van der Waals surface area contributed by atoms with Gasteiger partial charge in [0.05, 0.1) is 15.7 Å². The molecule has 0 spiro atoms. The lowest BCUT2D eigenvalue weighted by molar-refractivity contribution is 0.196. The van der Waals surface area contributed by atoms with Gasteiger partial charge in [-0.15, -0.1) is 23.1 Å². The van der Waals surface area contributed by atoms with E-state index in [1.54, 1.807) is 30.0 Å². The van der Waals surface area contributed by atoms with E-state index in [9.17, 15) is 5.11 Å². The van der Waals surface area contributed by atoms with Crippen LogP contribution in [0.1, 0.15) is 30.9 Å². The van der Waals surface area contributed by atoms with E-state index in [-0.39, 0.29) is 22.6 Å². The van der Waals surface area contributed by atoms with E-state index in [0.29, 0.717) is 0 Å². The molecule has 0 aliphatic heterocycles. The summed E-state index contributed by atoms with van der Waals surface area (Å²) in [4.78, 5) is 1.18. The molecule has 92 valence electrons. The Hall–Kier alpha value is 0.260. The molecule has 0 aromatic carbocycles. The zero-order valence-electron chi connectivity index (χ0n) is 9.68. The molecule has 4 atom stereocenters. The fraction of sp³-hybridized carbons (Fsp3) is 0.636. The lowest BCUT2D eigenvalue weighted by Crippen LogP contribution is -2.26. The van der Waals surface area contributed by atoms with Gasteiger partial charge >= 0.3 is 0 Å². The lowest BCUT2D eigenvalue weighted by atomic mass is 10.2. The van der Waals surface area contributed by atoms with Gasteiger partial charge in [0.15, 0.2) is 0 Å². The van der Waals surface area contributed by atoms with Crippen LogP contribution in [0.15, 0.2) is 12.1 Å². The second kappa shape index (κ2) is 6.26. The molecule has 2 nitrogen and oxygen atoms in total. The van der Waals surface area contributed by atoms with Crippen LogP contribution in [0.2, 0.25) is 4.34 Å². The van der Waals surface area contributed by atoms with Crippen LogP contribution in [0, 0.1) is 0 Å². The molecule has 1 rings (SSSR count). The molecule has 1 aromatic heterocycles. The number of halogens is 1. The molecule has 0 saturated heterocycles. The number of aliphatic hydroxyl groups excluding tert-OH is 1. The average molecular weight is 280 g/mol. The number of rotatable bonds is 5. The molecule has 3 N–H and O–H groups in total. The SMILES string of the molecule is CC(N)C(SC(C)C(C)O)c1ccc(Cl)s1. The lowest BCUT2D eigenvalue weighted by Gasteiger charge is -2.24. The highest BCUT2D eigenvalue weighted by Crippen LogP contribution is 2.39. The van der Waals surface area contributed by atoms with E-state index >= 15 is 0 Å². The summed E-state index contributed by atoms with van der Waals surface area (Å²) in [6.45, 7) is 5.80. The van der Waals surface area contributed by atoms with E-state index < -0.39 is 0 Å². The standard InChI is InChI=1S/C11H18ClNOS2/c1-6(13)11(15-8(3)7(2)14)9-4-5-10(12)16-9/h4-8,11,14H,13H2,1-3H3. The van der Waals surface area contributed by atoms with Crippen molar-refractivity contribution >= 4 is 34.7 Å². The van der Waals surface area contributed by atoms with E-state index in [1.807, 2.05) is 26.0 Å². The number of thiophene rings is 1. The van der Waals surface area contributed by atoms with Gasteiger partial charge in [-0.25, -0.2) is 0 Å². The van der Waals surface area contributed by atoms with Gasteiger partial charge < -0.3 is 10.8 Å². The Bertz CT molecular complexity index is 328. The van der Waals surface area contributed by atoms with Gasteiger partial charge in [0, 0.05) is 16.2 Å². The first-order valence-corrected chi connectivity index (χ1v) is 7.40. The monoisotopic (exact) mass is 279 g/mol. The Morgan fingerprint density at radius 1 is 1.38 bits per heavy atom. The summed E-state index contributed by atoms with van der Waals surface area (Å²) in [5.41, 5.74) is 5.99. The summed E-state index contributed by atoms with van der Waals surface area (Å²) in [5.74, 6) is 0. The van der Waals surface area contributed by atoms with Crippen LogP contribution < -0.4 is 5.73 Å². The Morgan fingerprint density at radius 2 is 2.00 bits per heavy atom. The van der Waals surface area contributed by atoms with Crippen LogP contribution >= 0.6 is 34.7 Å². The van der Waals surface area contributed by atoms with Gasteiger partial charge in [-0.1, -0.05) is 18.5 Å². The Kier molecular flexibility index (Phi) is 5.61. The highest BCUT2D eigenvalue weighted by molar-refractivity contribution is 8.00. The van der Waals surface area contributed by atoms with Crippen molar-refractivity contribution in [3.63, 3.8) is 0 Å². The van der Waals surface area contributed by atoms with Gasteiger partial charge in [-0.3, -0.25) is 0 Å². The third kappa shape index (κ3) is 3.93. The van der Waals surface area contributed by atoms with Crippen molar-refractivity contribution < 1.29 is 5.11 Å². The molecule has 0 amide bonds. The zero-order chi connectivity index (χ0) is 12.3. The number of aliphatic hydroxyl groups is 1. The van der Waals surface area contributed by atoms with Gasteiger partial charge in [0.1, 0.15) is 0 Å². The second-order valence-electron chi connectivity index (χ2n) is 4.00. The Balaban J connectivity index is 2.76. The maximum Gasteiger partial charge on any atom is 0.0931 e. The zero-order valence-corrected chi connectivity index (χ0v) is 12.1. The van der Waals surface area contributed by atoms with Crippen molar-refractivity contribution in [3.8, 4) is 0 Å². The Labute approximate surface area is 110 Å². The van der Waals surface area contributed by atoms with Gasteiger partial charge in [-0.05, 0) is 26.0 Å². The predicted octanol–water partition coefficient (Wildman–Crippen LogP) is 3.29. The van der Waals surface area contributed by atoms with Crippen molar-refractivity contribution in [1.29, 1.82) is 0 Å². The second-order valence-corrected chi connectivity index (χ2v) is 7.27. The van der Waals surface area contributed by atoms with Crippen LogP contribution in [0.5, 0.6) is 0 Å². The molecular weight excluding hydrogens is 262 g/mol. The van der Waals surface area contributed by atoms with Crippen LogP contribution in [0.4, 0.5) is 0 Å². The van der Waals surface area contributed by atoms with E-state index in [1.165, 1.54) is 4.88 Å². The van der Waals surface area contributed by atoms with Gasteiger partial charge in [0.25, 0.3) is 0 Å². The summed E-state index contributed by atoms with van der Waals surface area (Å²) >= 11 is 9.19. The first-order valence-electron chi connectivity index (χ1n) is 5.26. The molecule has 5 heteroatoms. The van der Waals surface area contributed by atoms with Crippen molar-refractivity contribution in [3.05, 3.63) is 21.3 Å². The van der Waals surface area contributed by atoms with Crippen LogP contribution in [-0.2, 0) is 0 Å². The summed E-state index contributed by atoms with van der Waals surface area (Å²) in [6.07, 6.45) is -0.332. The molecule has 1 aromatic rings. The van der Waals surface area contributed by atoms with E-state index in [0.717, 1.165) is 4.34 Å². The largest absolute Gasteiger partial charge is 0.392 e. The molecule has 0 bridgehead atoms. The van der Waals surface area contributed by atoms with E-state index in [4.69, 9.17) is 17.3 Å². The third-order valence-corrected chi connectivity index (χ3v) is 5.66. The molecule has 1 heterocycles. The highest BCUT2D eigenvalue weighted by Gasteiger charge is 2.23. The molecule has 0 aliphatic carbocycles. The minimum atomic E-state index is -0.332. The molecule has 0 saturated carbocycles.